The maximum absolute atomic E-state index is 10.3. The molecule has 0 aromatic rings. The van der Waals surface area contributed by atoms with Crippen LogP contribution in [0.25, 0.3) is 0 Å². The van der Waals surface area contributed by atoms with Gasteiger partial charge in [-0.25, -0.2) is 0 Å². The number of hydrogen-bond acceptors (Lipinski definition) is 4. The first kappa shape index (κ1) is 16.6. The Morgan fingerprint density at radius 1 is 1.67 bits per heavy atom. The average Bonchev–Trinajstić information content (AvgIpc) is 1.27. The van der Waals surface area contributed by atoms with Crippen molar-refractivity contribution in [1.82, 2.24) is 0 Å². The summed E-state index contributed by atoms with van der Waals surface area (Å²) in [7, 11) is 0. The van der Waals surface area contributed by atoms with Crippen LogP contribution in [0.1, 0.15) is 0 Å². The summed E-state index contributed by atoms with van der Waals surface area (Å²) < 4.78 is 51.5. The molecule has 9 heteroatoms. The van der Waals surface area contributed by atoms with Crippen molar-refractivity contribution in [1.29, 1.82) is 0 Å². The van der Waals surface area contributed by atoms with E-state index < -0.39 is 30.3 Å². The summed E-state index contributed by atoms with van der Waals surface area (Å²) in [6.45, 7) is 0. The van der Waals surface area contributed by atoms with E-state index in [2.05, 4.69) is 0 Å². The van der Waals surface area contributed by atoms with Gasteiger partial charge in [0.25, 0.3) is 0 Å². The normalized spacial score (nSPS) is 13.2. The van der Waals surface area contributed by atoms with Crippen molar-refractivity contribution in [3.63, 3.8) is 0 Å². The molecule has 1 N–H and O–H groups in total. The Balaban J connectivity index is -0.0000000800. The van der Waals surface area contributed by atoms with E-state index in [1.807, 2.05) is 0 Å². The number of hydrogen-bond donors (Lipinski definition) is 1. The second-order valence-electron chi connectivity index (χ2n) is 0.548. The molecule has 1 atom stereocenters. The molecule has 0 aliphatic rings. The molecule has 0 bridgehead atoms. The topological polar surface area (TPSA) is 100 Å². The second kappa shape index (κ2) is 9.12. The van der Waals surface area contributed by atoms with Gasteiger partial charge < -0.3 is 0 Å². The molecule has 0 spiro atoms. The Bertz CT molecular complexity index is 90.9. The third-order valence-electron chi connectivity index (χ3n) is 0. The van der Waals surface area contributed by atoms with Crippen LogP contribution in [0.5, 0.6) is 0 Å². The van der Waals surface area contributed by atoms with Crippen molar-refractivity contribution in [3.05, 3.63) is 0 Å². The van der Waals surface area contributed by atoms with Crippen molar-refractivity contribution in [2.75, 3.05) is 0 Å². The summed E-state index contributed by atoms with van der Waals surface area (Å²) in [6.07, 6.45) is 0. The summed E-state index contributed by atoms with van der Waals surface area (Å²) in [6, 6.07) is 0. The van der Waals surface area contributed by atoms with Crippen LogP contribution in [0.15, 0.2) is 0 Å². The monoisotopic (exact) mass is 274 g/mol. The summed E-state index contributed by atoms with van der Waals surface area (Å²) in [5, 5.41) is 0. The van der Waals surface area contributed by atoms with Gasteiger partial charge in [-0.15, -0.1) is 0 Å². The molecule has 0 amide bonds. The van der Waals surface area contributed by atoms with Crippen molar-refractivity contribution in [2.45, 2.75) is 0 Å². The van der Waals surface area contributed by atoms with Crippen LogP contribution < -0.4 is 8.23 Å². The molecule has 9 heavy (non-hydrogen) atoms. The molecule has 0 saturated heterocycles. The van der Waals surface area contributed by atoms with Crippen molar-refractivity contribution >= 4 is 53.4 Å². The van der Waals surface area contributed by atoms with Crippen LogP contribution in [-0.4, -0.2) is 57.5 Å². The minimum atomic E-state index is -5.88. The minimum absolute atomic E-state index is 0. The van der Waals surface area contributed by atoms with Crippen molar-refractivity contribution in [2.24, 2.45) is 0 Å². The van der Waals surface area contributed by atoms with E-state index in [0.29, 0.717) is 0 Å². The predicted molar refractivity (Wildman–Crippen MR) is 23.4 cm³/mol. The molecule has 0 saturated carbocycles. The zero-order valence-corrected chi connectivity index (χ0v) is 9.90. The summed E-state index contributed by atoms with van der Waals surface area (Å²) in [5.41, 5.74) is 0. The van der Waals surface area contributed by atoms with Crippen LogP contribution >= 0.6 is 0 Å². The molecule has 0 radical (unpaired) electrons. The molecule has 0 heterocycles. The first-order valence-corrected chi connectivity index (χ1v) is 6.26. The van der Waals surface area contributed by atoms with Gasteiger partial charge >= 0.3 is 76.7 Å². The van der Waals surface area contributed by atoms with Gasteiger partial charge in [0.2, 0.25) is 0 Å². The quantitative estimate of drug-likeness (QED) is 0.451. The summed E-state index contributed by atoms with van der Waals surface area (Å²) in [4.78, 5) is 0. The van der Waals surface area contributed by atoms with E-state index in [-0.39, 0.29) is 23.1 Å². The maximum atomic E-state index is 10.3. The van der Waals surface area contributed by atoms with Crippen molar-refractivity contribution in [3.8, 4) is 0 Å². The van der Waals surface area contributed by atoms with Crippen LogP contribution in [0, 0.1) is 0 Å². The van der Waals surface area contributed by atoms with Crippen LogP contribution in [0.3, 0.4) is 0 Å². The third kappa shape index (κ3) is 370. The van der Waals surface area contributed by atoms with E-state index in [9.17, 15) is 3.47 Å². The first-order chi connectivity index (χ1) is 3.41. The molecule has 0 aromatic carbocycles. The van der Waals surface area contributed by atoms with E-state index in [0.717, 1.165) is 0 Å². The molecule has 50 valence electrons. The van der Waals surface area contributed by atoms with Gasteiger partial charge in [0, 0.05) is 0 Å². The molecule has 0 fully saturated rings. The van der Waals surface area contributed by atoms with Gasteiger partial charge in [-0.2, -0.15) is 0 Å². The molecule has 0 aliphatic heterocycles. The fourth-order valence-corrected chi connectivity index (χ4v) is 0. The van der Waals surface area contributed by atoms with E-state index in [1.54, 1.807) is 0 Å². The fourth-order valence-electron chi connectivity index (χ4n) is 0. The molecule has 0 rings (SSSR count). The van der Waals surface area contributed by atoms with Gasteiger partial charge in [0.1, 0.15) is 0 Å². The van der Waals surface area contributed by atoms with Gasteiger partial charge in [0.15, 0.2) is 0 Å². The van der Waals surface area contributed by atoms with Gasteiger partial charge in [-0.05, 0) is 0 Å². The molecule has 0 aliphatic carbocycles. The average molecular weight is 273 g/mol. The van der Waals surface area contributed by atoms with Crippen LogP contribution in [0.4, 0.5) is 3.47 Å². The second-order valence-corrected chi connectivity index (χ2v) is 2.85. The van der Waals surface area contributed by atoms with Crippen LogP contribution in [-0.2, 0) is 7.52 Å². The van der Waals surface area contributed by atoms with Crippen LogP contribution in [0.2, 0.25) is 0 Å². The molecule has 0 aromatic heterocycles. The number of rotatable bonds is 0. The Morgan fingerprint density at radius 2 is 1.67 bits per heavy atom. The van der Waals surface area contributed by atoms with E-state index >= 15 is 0 Å². The predicted octanol–water partition coefficient (Wildman–Crippen LogP) is -4.16. The fraction of sp³-hybridized carbons (Fsp3) is 0. The van der Waals surface area contributed by atoms with E-state index in [1.165, 1.54) is 0 Å². The Morgan fingerprint density at radius 3 is 1.67 bits per heavy atom. The summed E-state index contributed by atoms with van der Waals surface area (Å²) in [5.74, 6) is 0. The van der Waals surface area contributed by atoms with E-state index in [4.69, 9.17) is 19.8 Å². The molecule has 5 nitrogen and oxygen atoms in total. The SMILES string of the molecule is O=[As]([O-])(O)F.[Mg+2].[O]=[GeH][O-]. The number of halogens is 1. The Kier molecular flexibility index (Phi) is 16.8. The van der Waals surface area contributed by atoms with Crippen molar-refractivity contribution < 1.29 is 23.3 Å². The first-order valence-electron chi connectivity index (χ1n) is 1.21. The van der Waals surface area contributed by atoms with Gasteiger partial charge in [-0.1, -0.05) is 0 Å². The standard InChI is InChI=1S/AsFH2O3.GeHO2.Mg/c2-1(3,4)5;2-1-3;/h(H2,3,4,5);1H;/q;-1;+2/p-1. The third-order valence-corrected chi connectivity index (χ3v) is 0. The van der Waals surface area contributed by atoms with Gasteiger partial charge in [0.05, 0.1) is 0 Å². The zero-order chi connectivity index (χ0) is 7.21. The Labute approximate surface area is 76.3 Å². The van der Waals surface area contributed by atoms with Gasteiger partial charge in [-0.3, -0.25) is 0 Å². The Hall–Kier alpha value is 1.12. The summed E-state index contributed by atoms with van der Waals surface area (Å²) >= 11 is -8.06. The molecule has 1 unspecified atom stereocenters. The molecular weight excluding hydrogens is 271 g/mol. The molecular formula is H2AsFGeMgO5. The zero-order valence-electron chi connectivity index (χ0n) is 4.19.